The molecule has 1 aliphatic rings. The van der Waals surface area contributed by atoms with E-state index in [1.165, 1.54) is 6.20 Å². The Bertz CT molecular complexity index is 696. The maximum absolute atomic E-state index is 12.3. The number of piperidine rings is 1. The molecule has 1 aromatic heterocycles. The third-order valence-electron chi connectivity index (χ3n) is 4.41. The standard InChI is InChI=1S/C18H23N5O/c1-13-7-9-23(10-8-13)18-21-12-15(16(19)22-18)17(24)20-11-14-5-3-2-4-6-14/h2-6,12-13H,7-11H2,1H3,(H,20,24)(H2,19,21,22). The van der Waals surface area contributed by atoms with Crippen molar-refractivity contribution in [1.29, 1.82) is 0 Å². The van der Waals surface area contributed by atoms with Crippen LogP contribution in [0.2, 0.25) is 0 Å². The number of nitrogens with two attached hydrogens (primary N) is 1. The van der Waals surface area contributed by atoms with Gasteiger partial charge in [-0.15, -0.1) is 0 Å². The molecule has 126 valence electrons. The molecule has 1 aromatic carbocycles. The number of carbonyl (C=O) groups is 1. The summed E-state index contributed by atoms with van der Waals surface area (Å²) >= 11 is 0. The molecule has 0 atom stereocenters. The molecule has 0 saturated carbocycles. The topological polar surface area (TPSA) is 84.1 Å². The monoisotopic (exact) mass is 325 g/mol. The molecule has 0 unspecified atom stereocenters. The molecular weight excluding hydrogens is 302 g/mol. The lowest BCUT2D eigenvalue weighted by Crippen LogP contribution is -2.34. The van der Waals surface area contributed by atoms with Gasteiger partial charge in [0.2, 0.25) is 5.95 Å². The first-order valence-electron chi connectivity index (χ1n) is 8.33. The molecule has 3 rings (SSSR count). The van der Waals surface area contributed by atoms with Gasteiger partial charge in [0.15, 0.2) is 0 Å². The van der Waals surface area contributed by atoms with E-state index in [0.29, 0.717) is 18.1 Å². The van der Waals surface area contributed by atoms with Crippen LogP contribution < -0.4 is 16.0 Å². The van der Waals surface area contributed by atoms with Crippen molar-refractivity contribution >= 4 is 17.7 Å². The van der Waals surface area contributed by atoms with Crippen LogP contribution in [0.15, 0.2) is 36.5 Å². The maximum Gasteiger partial charge on any atom is 0.256 e. The van der Waals surface area contributed by atoms with Gasteiger partial charge >= 0.3 is 0 Å². The number of aromatic nitrogens is 2. The molecular formula is C18H23N5O. The first-order chi connectivity index (χ1) is 11.6. The SMILES string of the molecule is CC1CCN(c2ncc(C(=O)NCc3ccccc3)c(N)n2)CC1. The van der Waals surface area contributed by atoms with E-state index < -0.39 is 0 Å². The summed E-state index contributed by atoms with van der Waals surface area (Å²) in [5.74, 6) is 1.32. The molecule has 6 heteroatoms. The van der Waals surface area contributed by atoms with E-state index in [1.54, 1.807) is 0 Å². The molecule has 0 spiro atoms. The minimum atomic E-state index is -0.254. The quantitative estimate of drug-likeness (QED) is 0.900. The zero-order valence-electron chi connectivity index (χ0n) is 13.9. The number of hydrogen-bond donors (Lipinski definition) is 2. The predicted octanol–water partition coefficient (Wildman–Crippen LogP) is 2.23. The number of benzene rings is 1. The smallest absolute Gasteiger partial charge is 0.256 e. The molecule has 1 fully saturated rings. The lowest BCUT2D eigenvalue weighted by molar-refractivity contribution is 0.0951. The highest BCUT2D eigenvalue weighted by Crippen LogP contribution is 2.21. The van der Waals surface area contributed by atoms with E-state index in [1.807, 2.05) is 30.3 Å². The van der Waals surface area contributed by atoms with E-state index in [-0.39, 0.29) is 11.7 Å². The summed E-state index contributed by atoms with van der Waals surface area (Å²) in [5.41, 5.74) is 7.34. The summed E-state index contributed by atoms with van der Waals surface area (Å²) in [5, 5.41) is 2.85. The maximum atomic E-state index is 12.3. The Hall–Kier alpha value is -2.63. The molecule has 2 aromatic rings. The summed E-state index contributed by atoms with van der Waals surface area (Å²) < 4.78 is 0. The van der Waals surface area contributed by atoms with Gasteiger partial charge in [-0.3, -0.25) is 4.79 Å². The van der Waals surface area contributed by atoms with Crippen LogP contribution >= 0.6 is 0 Å². The van der Waals surface area contributed by atoms with Crippen LogP contribution in [-0.4, -0.2) is 29.0 Å². The van der Waals surface area contributed by atoms with Gasteiger partial charge in [-0.25, -0.2) is 4.98 Å². The van der Waals surface area contributed by atoms with Crippen LogP contribution in [0.25, 0.3) is 0 Å². The van der Waals surface area contributed by atoms with E-state index >= 15 is 0 Å². The van der Waals surface area contributed by atoms with Crippen molar-refractivity contribution in [2.24, 2.45) is 5.92 Å². The van der Waals surface area contributed by atoms with Crippen molar-refractivity contribution in [2.75, 3.05) is 23.7 Å². The van der Waals surface area contributed by atoms with Gasteiger partial charge in [0.05, 0.1) is 5.56 Å². The first-order valence-corrected chi connectivity index (χ1v) is 8.33. The van der Waals surface area contributed by atoms with Crippen LogP contribution in [0.3, 0.4) is 0 Å². The van der Waals surface area contributed by atoms with E-state index in [9.17, 15) is 4.79 Å². The third-order valence-corrected chi connectivity index (χ3v) is 4.41. The second kappa shape index (κ2) is 7.29. The fraction of sp³-hybridized carbons (Fsp3) is 0.389. The van der Waals surface area contributed by atoms with E-state index in [0.717, 1.165) is 37.4 Å². The number of anilines is 2. The van der Waals surface area contributed by atoms with Crippen LogP contribution in [-0.2, 0) is 6.54 Å². The number of nitrogens with zero attached hydrogens (tertiary/aromatic N) is 3. The molecule has 1 aliphatic heterocycles. The van der Waals surface area contributed by atoms with Gasteiger partial charge in [-0.1, -0.05) is 37.3 Å². The predicted molar refractivity (Wildman–Crippen MR) is 94.7 cm³/mol. The fourth-order valence-electron chi connectivity index (χ4n) is 2.79. The van der Waals surface area contributed by atoms with Crippen LogP contribution in [0.4, 0.5) is 11.8 Å². The van der Waals surface area contributed by atoms with E-state index in [2.05, 4.69) is 27.1 Å². The minimum Gasteiger partial charge on any atom is -0.383 e. The fourth-order valence-corrected chi connectivity index (χ4v) is 2.79. The number of nitrogens with one attached hydrogen (secondary N) is 1. The summed E-state index contributed by atoms with van der Waals surface area (Å²) in [7, 11) is 0. The minimum absolute atomic E-state index is 0.226. The van der Waals surface area contributed by atoms with Gasteiger partial charge in [0, 0.05) is 25.8 Å². The molecule has 2 heterocycles. The second-order valence-electron chi connectivity index (χ2n) is 6.31. The summed E-state index contributed by atoms with van der Waals surface area (Å²) in [6.07, 6.45) is 3.78. The molecule has 1 amide bonds. The van der Waals surface area contributed by atoms with Crippen molar-refractivity contribution < 1.29 is 4.79 Å². The largest absolute Gasteiger partial charge is 0.383 e. The molecule has 0 radical (unpaired) electrons. The van der Waals surface area contributed by atoms with Crippen molar-refractivity contribution in [1.82, 2.24) is 15.3 Å². The van der Waals surface area contributed by atoms with Crippen LogP contribution in [0.1, 0.15) is 35.7 Å². The summed E-state index contributed by atoms with van der Waals surface area (Å²) in [4.78, 5) is 23.1. The van der Waals surface area contributed by atoms with Gasteiger partial charge < -0.3 is 16.0 Å². The Kier molecular flexibility index (Phi) is 4.93. The lowest BCUT2D eigenvalue weighted by atomic mass is 10.00. The lowest BCUT2D eigenvalue weighted by Gasteiger charge is -2.30. The molecule has 24 heavy (non-hydrogen) atoms. The number of carbonyl (C=O) groups excluding carboxylic acids is 1. The number of amides is 1. The first kappa shape index (κ1) is 16.2. The van der Waals surface area contributed by atoms with Crippen LogP contribution in [0.5, 0.6) is 0 Å². The number of rotatable bonds is 4. The highest BCUT2D eigenvalue weighted by atomic mass is 16.1. The highest BCUT2D eigenvalue weighted by Gasteiger charge is 2.20. The molecule has 0 bridgehead atoms. The van der Waals surface area contributed by atoms with Crippen molar-refractivity contribution in [3.63, 3.8) is 0 Å². The molecule has 6 nitrogen and oxygen atoms in total. The number of nitrogen functional groups attached to an aromatic ring is 1. The summed E-state index contributed by atoms with van der Waals surface area (Å²) in [6.45, 7) is 4.57. The molecule has 3 N–H and O–H groups in total. The Labute approximate surface area is 142 Å². The Morgan fingerprint density at radius 2 is 2.00 bits per heavy atom. The van der Waals surface area contributed by atoms with Gasteiger partial charge in [0.1, 0.15) is 5.82 Å². The second-order valence-corrected chi connectivity index (χ2v) is 6.31. The third kappa shape index (κ3) is 3.82. The Balaban J connectivity index is 1.64. The van der Waals surface area contributed by atoms with Gasteiger partial charge in [-0.2, -0.15) is 4.98 Å². The van der Waals surface area contributed by atoms with E-state index in [4.69, 9.17) is 5.73 Å². The van der Waals surface area contributed by atoms with Crippen molar-refractivity contribution in [2.45, 2.75) is 26.3 Å². The average molecular weight is 325 g/mol. The zero-order chi connectivity index (χ0) is 16.9. The summed E-state index contributed by atoms with van der Waals surface area (Å²) in [6, 6.07) is 9.73. The molecule has 1 saturated heterocycles. The average Bonchev–Trinajstić information content (AvgIpc) is 2.61. The molecule has 0 aliphatic carbocycles. The Morgan fingerprint density at radius 1 is 1.29 bits per heavy atom. The van der Waals surface area contributed by atoms with Crippen LogP contribution in [0, 0.1) is 5.92 Å². The van der Waals surface area contributed by atoms with Gasteiger partial charge in [0.25, 0.3) is 5.91 Å². The zero-order valence-corrected chi connectivity index (χ0v) is 13.9. The van der Waals surface area contributed by atoms with Crippen molar-refractivity contribution in [3.8, 4) is 0 Å². The number of hydrogen-bond acceptors (Lipinski definition) is 5. The Morgan fingerprint density at radius 3 is 2.67 bits per heavy atom. The normalized spacial score (nSPS) is 15.3. The van der Waals surface area contributed by atoms with Gasteiger partial charge in [-0.05, 0) is 24.3 Å². The van der Waals surface area contributed by atoms with Crippen molar-refractivity contribution in [3.05, 3.63) is 47.7 Å². The highest BCUT2D eigenvalue weighted by molar-refractivity contribution is 5.98.